The quantitative estimate of drug-likeness (QED) is 0.812. The van der Waals surface area contributed by atoms with E-state index in [9.17, 15) is 0 Å². The molecule has 0 spiro atoms. The summed E-state index contributed by atoms with van der Waals surface area (Å²) in [5, 5.41) is 9.69. The highest BCUT2D eigenvalue weighted by atomic mass is 35.5. The van der Waals surface area contributed by atoms with Gasteiger partial charge in [-0.15, -0.1) is 0 Å². The van der Waals surface area contributed by atoms with E-state index in [2.05, 4.69) is 4.90 Å². The number of benzene rings is 1. The molecule has 2 rings (SSSR count). The second-order valence-corrected chi connectivity index (χ2v) is 4.05. The molecule has 1 aromatic carbocycles. The molecule has 1 N–H and O–H groups in total. The third-order valence-corrected chi connectivity index (χ3v) is 2.94. The number of rotatable bonds is 2. The molecule has 0 bridgehead atoms. The first-order chi connectivity index (χ1) is 6.81. The molecular weight excluding hydrogens is 198 g/mol. The number of anilines is 1. The Hall–Kier alpha value is -0.730. The van der Waals surface area contributed by atoms with Gasteiger partial charge in [-0.2, -0.15) is 0 Å². The van der Waals surface area contributed by atoms with Crippen LogP contribution in [-0.4, -0.2) is 18.2 Å². The maximum atomic E-state index is 8.95. The lowest BCUT2D eigenvalue weighted by atomic mass is 10.2. The smallest absolute Gasteiger partial charge is 0.0682 e. The molecule has 14 heavy (non-hydrogen) atoms. The molecule has 76 valence electrons. The predicted octanol–water partition coefficient (Wildman–Crippen LogP) is 2.43. The zero-order valence-electron chi connectivity index (χ0n) is 8.04. The fourth-order valence-corrected chi connectivity index (χ4v) is 2.19. The molecule has 1 aromatic rings. The number of nitrogens with zero attached hydrogens (tertiary/aromatic N) is 1. The van der Waals surface area contributed by atoms with Gasteiger partial charge in [-0.3, -0.25) is 0 Å². The SMILES string of the molecule is OCc1ccc(N2CCCC2)c(Cl)c1. The van der Waals surface area contributed by atoms with E-state index in [1.54, 1.807) is 0 Å². The van der Waals surface area contributed by atoms with Crippen LogP contribution in [0.2, 0.25) is 5.02 Å². The first-order valence-electron chi connectivity index (χ1n) is 4.95. The molecule has 0 aromatic heterocycles. The first-order valence-corrected chi connectivity index (χ1v) is 5.33. The lowest BCUT2D eigenvalue weighted by Gasteiger charge is -2.19. The average Bonchev–Trinajstić information content (AvgIpc) is 2.70. The summed E-state index contributed by atoms with van der Waals surface area (Å²) in [6, 6.07) is 5.77. The highest BCUT2D eigenvalue weighted by molar-refractivity contribution is 6.33. The summed E-state index contributed by atoms with van der Waals surface area (Å²) in [4.78, 5) is 2.30. The van der Waals surface area contributed by atoms with E-state index < -0.39 is 0 Å². The van der Waals surface area contributed by atoms with E-state index in [4.69, 9.17) is 16.7 Å². The molecule has 0 radical (unpaired) electrons. The molecule has 1 fully saturated rings. The Labute approximate surface area is 89.1 Å². The van der Waals surface area contributed by atoms with Crippen molar-refractivity contribution in [2.24, 2.45) is 0 Å². The summed E-state index contributed by atoms with van der Waals surface area (Å²) in [5.74, 6) is 0. The van der Waals surface area contributed by atoms with E-state index >= 15 is 0 Å². The van der Waals surface area contributed by atoms with Crippen LogP contribution in [0.3, 0.4) is 0 Å². The van der Waals surface area contributed by atoms with Crippen molar-refractivity contribution in [3.05, 3.63) is 28.8 Å². The second kappa shape index (κ2) is 4.20. The summed E-state index contributed by atoms with van der Waals surface area (Å²) in [5.41, 5.74) is 1.97. The maximum Gasteiger partial charge on any atom is 0.0682 e. The van der Waals surface area contributed by atoms with Gasteiger partial charge in [-0.1, -0.05) is 17.7 Å². The highest BCUT2D eigenvalue weighted by Gasteiger charge is 2.14. The Morgan fingerprint density at radius 1 is 1.29 bits per heavy atom. The van der Waals surface area contributed by atoms with Crippen LogP contribution in [0, 0.1) is 0 Å². The lowest BCUT2D eigenvalue weighted by Crippen LogP contribution is -2.17. The monoisotopic (exact) mass is 211 g/mol. The second-order valence-electron chi connectivity index (χ2n) is 3.64. The van der Waals surface area contributed by atoms with E-state index in [1.165, 1.54) is 12.8 Å². The van der Waals surface area contributed by atoms with Crippen LogP contribution in [0.4, 0.5) is 5.69 Å². The van der Waals surface area contributed by atoms with Crippen LogP contribution >= 0.6 is 11.6 Å². The molecule has 1 aliphatic rings. The van der Waals surface area contributed by atoms with Crippen molar-refractivity contribution in [3.63, 3.8) is 0 Å². The minimum Gasteiger partial charge on any atom is -0.392 e. The summed E-state index contributed by atoms with van der Waals surface area (Å²) >= 11 is 6.14. The zero-order chi connectivity index (χ0) is 9.97. The fourth-order valence-electron chi connectivity index (χ4n) is 1.86. The standard InChI is InChI=1S/C11H14ClNO/c12-10-7-9(8-14)3-4-11(10)13-5-1-2-6-13/h3-4,7,14H,1-2,5-6,8H2. The van der Waals surface area contributed by atoms with E-state index in [0.717, 1.165) is 29.4 Å². The van der Waals surface area contributed by atoms with Crippen molar-refractivity contribution in [1.82, 2.24) is 0 Å². The highest BCUT2D eigenvalue weighted by Crippen LogP contribution is 2.29. The van der Waals surface area contributed by atoms with Crippen LogP contribution in [-0.2, 0) is 6.61 Å². The molecule has 1 saturated heterocycles. The largest absolute Gasteiger partial charge is 0.392 e. The maximum absolute atomic E-state index is 8.95. The van der Waals surface area contributed by atoms with Gasteiger partial charge in [-0.25, -0.2) is 0 Å². The van der Waals surface area contributed by atoms with Gasteiger partial charge in [0.15, 0.2) is 0 Å². The predicted molar refractivity (Wildman–Crippen MR) is 58.8 cm³/mol. The van der Waals surface area contributed by atoms with Crippen LogP contribution in [0.15, 0.2) is 18.2 Å². The van der Waals surface area contributed by atoms with Crippen LogP contribution in [0.25, 0.3) is 0 Å². The van der Waals surface area contributed by atoms with E-state index in [1.807, 2.05) is 18.2 Å². The van der Waals surface area contributed by atoms with Gasteiger partial charge >= 0.3 is 0 Å². The molecule has 0 aliphatic carbocycles. The minimum atomic E-state index is 0.0556. The van der Waals surface area contributed by atoms with Gasteiger partial charge in [-0.05, 0) is 30.5 Å². The number of aliphatic hydroxyl groups is 1. The fraction of sp³-hybridized carbons (Fsp3) is 0.455. The topological polar surface area (TPSA) is 23.5 Å². The Balaban J connectivity index is 2.25. The number of aliphatic hydroxyl groups excluding tert-OH is 1. The molecule has 1 heterocycles. The van der Waals surface area contributed by atoms with Crippen molar-refractivity contribution < 1.29 is 5.11 Å². The van der Waals surface area contributed by atoms with Gasteiger partial charge in [0.05, 0.1) is 17.3 Å². The summed E-state index contributed by atoms with van der Waals surface area (Å²) < 4.78 is 0. The van der Waals surface area contributed by atoms with Gasteiger partial charge < -0.3 is 10.0 Å². The van der Waals surface area contributed by atoms with Crippen LogP contribution < -0.4 is 4.90 Å². The first kappa shape index (κ1) is 9.81. The average molecular weight is 212 g/mol. The Morgan fingerprint density at radius 3 is 2.57 bits per heavy atom. The van der Waals surface area contributed by atoms with Crippen LogP contribution in [0.1, 0.15) is 18.4 Å². The van der Waals surface area contributed by atoms with Gasteiger partial charge in [0.1, 0.15) is 0 Å². The summed E-state index contributed by atoms with van der Waals surface area (Å²) in [6.45, 7) is 2.25. The third-order valence-electron chi connectivity index (χ3n) is 2.64. The number of hydrogen-bond acceptors (Lipinski definition) is 2. The van der Waals surface area contributed by atoms with Crippen molar-refractivity contribution in [2.45, 2.75) is 19.4 Å². The van der Waals surface area contributed by atoms with Crippen molar-refractivity contribution in [3.8, 4) is 0 Å². The van der Waals surface area contributed by atoms with Crippen molar-refractivity contribution in [1.29, 1.82) is 0 Å². The summed E-state index contributed by atoms with van der Waals surface area (Å²) in [7, 11) is 0. The Bertz CT molecular complexity index is 321. The molecule has 0 amide bonds. The van der Waals surface area contributed by atoms with Crippen molar-refractivity contribution in [2.75, 3.05) is 18.0 Å². The molecule has 0 saturated carbocycles. The van der Waals surface area contributed by atoms with Gasteiger partial charge in [0.25, 0.3) is 0 Å². The molecule has 0 atom stereocenters. The Kier molecular flexibility index (Phi) is 2.94. The van der Waals surface area contributed by atoms with Gasteiger partial charge in [0, 0.05) is 13.1 Å². The molecular formula is C11H14ClNO. The zero-order valence-corrected chi connectivity index (χ0v) is 8.80. The van der Waals surface area contributed by atoms with E-state index in [0.29, 0.717) is 0 Å². The normalized spacial score (nSPS) is 16.3. The number of halogens is 1. The molecule has 1 aliphatic heterocycles. The van der Waals surface area contributed by atoms with Crippen LogP contribution in [0.5, 0.6) is 0 Å². The summed E-state index contributed by atoms with van der Waals surface area (Å²) in [6.07, 6.45) is 2.50. The Morgan fingerprint density at radius 2 is 2.00 bits per heavy atom. The minimum absolute atomic E-state index is 0.0556. The molecule has 3 heteroatoms. The third kappa shape index (κ3) is 1.86. The van der Waals surface area contributed by atoms with Gasteiger partial charge in [0.2, 0.25) is 0 Å². The molecule has 2 nitrogen and oxygen atoms in total. The number of hydrogen-bond donors (Lipinski definition) is 1. The van der Waals surface area contributed by atoms with Crippen molar-refractivity contribution >= 4 is 17.3 Å². The van der Waals surface area contributed by atoms with E-state index in [-0.39, 0.29) is 6.61 Å². The lowest BCUT2D eigenvalue weighted by molar-refractivity contribution is 0.282. The molecule has 0 unspecified atom stereocenters.